The number of aliphatic hydroxyl groups excluding tert-OH is 1. The van der Waals surface area contributed by atoms with E-state index in [1.807, 2.05) is 26.0 Å². The topological polar surface area (TPSA) is 83.4 Å². The molecule has 1 aliphatic rings. The summed E-state index contributed by atoms with van der Waals surface area (Å²) in [6.07, 6.45) is 3.13. The number of amides is 1. The number of anilines is 1. The predicted octanol–water partition coefficient (Wildman–Crippen LogP) is 5.07. The lowest BCUT2D eigenvalue weighted by Crippen LogP contribution is -2.29. The molecule has 0 bridgehead atoms. The maximum absolute atomic E-state index is 13.7. The summed E-state index contributed by atoms with van der Waals surface area (Å²) in [6, 6.07) is 12.2. The highest BCUT2D eigenvalue weighted by molar-refractivity contribution is 7.22. The highest BCUT2D eigenvalue weighted by atomic mass is 32.1. The van der Waals surface area contributed by atoms with Gasteiger partial charge in [0.2, 0.25) is 0 Å². The van der Waals surface area contributed by atoms with E-state index in [1.54, 1.807) is 30.6 Å². The second-order valence-electron chi connectivity index (χ2n) is 7.88. The van der Waals surface area contributed by atoms with Gasteiger partial charge in [0.25, 0.3) is 5.78 Å². The van der Waals surface area contributed by atoms with Crippen molar-refractivity contribution in [3.63, 3.8) is 0 Å². The van der Waals surface area contributed by atoms with Crippen molar-refractivity contribution in [1.29, 1.82) is 0 Å². The predicted molar refractivity (Wildman–Crippen MR) is 125 cm³/mol. The second kappa shape index (κ2) is 7.90. The Morgan fingerprint density at radius 3 is 2.70 bits per heavy atom. The van der Waals surface area contributed by atoms with Gasteiger partial charge in [0.1, 0.15) is 11.6 Å². The van der Waals surface area contributed by atoms with Gasteiger partial charge in [0, 0.05) is 18.0 Å². The smallest absolute Gasteiger partial charge is 0.301 e. The Balaban J connectivity index is 1.75. The van der Waals surface area contributed by atoms with Crippen LogP contribution in [-0.2, 0) is 9.59 Å². The molecule has 0 radical (unpaired) electrons. The molecule has 2 aromatic heterocycles. The molecule has 2 aromatic carbocycles. The Morgan fingerprint density at radius 1 is 1.12 bits per heavy atom. The fraction of sp³-hybridized carbons (Fsp3) is 0.120. The van der Waals surface area contributed by atoms with Gasteiger partial charge < -0.3 is 5.11 Å². The van der Waals surface area contributed by atoms with Crippen LogP contribution in [0.2, 0.25) is 0 Å². The minimum absolute atomic E-state index is 0.0351. The van der Waals surface area contributed by atoms with Crippen LogP contribution in [0.4, 0.5) is 9.52 Å². The van der Waals surface area contributed by atoms with Crippen molar-refractivity contribution in [3.8, 4) is 0 Å². The summed E-state index contributed by atoms with van der Waals surface area (Å²) in [5.74, 6) is -2.29. The molecule has 0 spiro atoms. The number of halogens is 1. The lowest BCUT2D eigenvalue weighted by atomic mass is 9.94. The van der Waals surface area contributed by atoms with Gasteiger partial charge in [-0.2, -0.15) is 0 Å². The molecule has 1 amide bonds. The number of fused-ring (bicyclic) bond motifs is 1. The van der Waals surface area contributed by atoms with Crippen LogP contribution in [0, 0.1) is 19.7 Å². The van der Waals surface area contributed by atoms with E-state index in [2.05, 4.69) is 9.97 Å². The van der Waals surface area contributed by atoms with Gasteiger partial charge in [-0.05, 0) is 55.3 Å². The molecule has 1 unspecified atom stereocenters. The van der Waals surface area contributed by atoms with Gasteiger partial charge in [-0.1, -0.05) is 35.1 Å². The van der Waals surface area contributed by atoms with Crippen molar-refractivity contribution in [2.24, 2.45) is 0 Å². The summed E-state index contributed by atoms with van der Waals surface area (Å²) in [5, 5.41) is 11.5. The highest BCUT2D eigenvalue weighted by Crippen LogP contribution is 2.44. The lowest BCUT2D eigenvalue weighted by Gasteiger charge is -2.22. The maximum Gasteiger partial charge on any atom is 0.301 e. The third-order valence-electron chi connectivity index (χ3n) is 5.64. The number of hydrogen-bond donors (Lipinski definition) is 1. The van der Waals surface area contributed by atoms with Gasteiger partial charge in [0.05, 0.1) is 21.8 Å². The molecule has 4 aromatic rings. The lowest BCUT2D eigenvalue weighted by molar-refractivity contribution is -0.132. The molecule has 1 saturated heterocycles. The molecule has 164 valence electrons. The number of aromatic nitrogens is 2. The molecule has 1 aliphatic heterocycles. The Hall–Kier alpha value is -3.91. The van der Waals surface area contributed by atoms with Crippen molar-refractivity contribution >= 4 is 44.1 Å². The zero-order chi connectivity index (χ0) is 23.3. The second-order valence-corrected chi connectivity index (χ2v) is 8.89. The van der Waals surface area contributed by atoms with E-state index in [-0.39, 0.29) is 16.5 Å². The number of aliphatic hydroxyl groups is 1. The number of pyridine rings is 1. The van der Waals surface area contributed by atoms with E-state index in [4.69, 9.17) is 0 Å². The molecule has 1 N–H and O–H groups in total. The van der Waals surface area contributed by atoms with Crippen molar-refractivity contribution in [1.82, 2.24) is 9.97 Å². The molecule has 6 nitrogen and oxygen atoms in total. The van der Waals surface area contributed by atoms with Gasteiger partial charge >= 0.3 is 5.91 Å². The number of carbonyl (C=O) groups is 2. The van der Waals surface area contributed by atoms with Gasteiger partial charge in [-0.15, -0.1) is 0 Å². The van der Waals surface area contributed by atoms with Crippen molar-refractivity contribution < 1.29 is 19.1 Å². The zero-order valence-corrected chi connectivity index (χ0v) is 18.6. The quantitative estimate of drug-likeness (QED) is 0.263. The van der Waals surface area contributed by atoms with Crippen LogP contribution in [0.5, 0.6) is 0 Å². The number of nitrogens with zero attached hydrogens (tertiary/aromatic N) is 3. The zero-order valence-electron chi connectivity index (χ0n) is 17.7. The molecule has 3 heterocycles. The SMILES string of the molecule is Cc1ccc(C)c(C(O)=C2C(=O)C(=O)N(c3nc4ccc(F)cc4s3)C2c2cccnc2)c1. The molecular formula is C25H18FN3O3S. The molecule has 0 aliphatic carbocycles. The molecule has 33 heavy (non-hydrogen) atoms. The average molecular weight is 460 g/mol. The summed E-state index contributed by atoms with van der Waals surface area (Å²) < 4.78 is 14.3. The van der Waals surface area contributed by atoms with Crippen LogP contribution >= 0.6 is 11.3 Å². The van der Waals surface area contributed by atoms with E-state index < -0.39 is 23.5 Å². The summed E-state index contributed by atoms with van der Waals surface area (Å²) in [4.78, 5) is 36.4. The first-order valence-corrected chi connectivity index (χ1v) is 11.0. The molecule has 1 atom stereocenters. The molecule has 1 fully saturated rings. The Kier molecular flexibility index (Phi) is 5.02. The number of hydrogen-bond acceptors (Lipinski definition) is 6. The number of rotatable bonds is 3. The normalized spacial score (nSPS) is 17.8. The fourth-order valence-electron chi connectivity index (χ4n) is 4.01. The first-order chi connectivity index (χ1) is 15.8. The minimum Gasteiger partial charge on any atom is -0.507 e. The number of thiazole rings is 1. The van der Waals surface area contributed by atoms with Crippen molar-refractivity contribution in [3.05, 3.63) is 94.6 Å². The Morgan fingerprint density at radius 2 is 1.94 bits per heavy atom. The standard InChI is InChI=1S/C25H18FN3O3S/c1-13-5-6-14(2)17(10-13)22(30)20-21(15-4-3-9-27-12-15)29(24(32)23(20)31)25-28-18-8-7-16(26)11-19(18)33-25/h3-12,21,30H,1-2H3. The Bertz CT molecular complexity index is 1460. The van der Waals surface area contributed by atoms with Gasteiger partial charge in [0.15, 0.2) is 5.13 Å². The highest BCUT2D eigenvalue weighted by Gasteiger charge is 2.48. The molecule has 5 rings (SSSR count). The Labute approximate surface area is 192 Å². The van der Waals surface area contributed by atoms with Crippen molar-refractivity contribution in [2.45, 2.75) is 19.9 Å². The molecule has 8 heteroatoms. The fourth-order valence-corrected chi connectivity index (χ4v) is 5.03. The third-order valence-corrected chi connectivity index (χ3v) is 6.66. The third kappa shape index (κ3) is 3.48. The number of ketones is 1. The van der Waals surface area contributed by atoms with Crippen LogP contribution in [0.25, 0.3) is 16.0 Å². The summed E-state index contributed by atoms with van der Waals surface area (Å²) in [5.41, 5.74) is 3.18. The molecular weight excluding hydrogens is 441 g/mol. The summed E-state index contributed by atoms with van der Waals surface area (Å²) in [6.45, 7) is 3.71. The monoisotopic (exact) mass is 459 g/mol. The van der Waals surface area contributed by atoms with Crippen LogP contribution in [0.3, 0.4) is 0 Å². The van der Waals surface area contributed by atoms with E-state index in [0.29, 0.717) is 21.3 Å². The van der Waals surface area contributed by atoms with Crippen LogP contribution < -0.4 is 4.90 Å². The minimum atomic E-state index is -0.927. The summed E-state index contributed by atoms with van der Waals surface area (Å²) >= 11 is 1.11. The van der Waals surface area contributed by atoms with Crippen LogP contribution in [0.15, 0.2) is 66.5 Å². The van der Waals surface area contributed by atoms with Gasteiger partial charge in [-0.3, -0.25) is 19.5 Å². The first kappa shape index (κ1) is 21.0. The van der Waals surface area contributed by atoms with Crippen LogP contribution in [-0.4, -0.2) is 26.8 Å². The summed E-state index contributed by atoms with van der Waals surface area (Å²) in [7, 11) is 0. The number of Topliss-reactive ketones (excluding diaryl/α,β-unsaturated/α-hetero) is 1. The molecule has 0 saturated carbocycles. The van der Waals surface area contributed by atoms with Crippen LogP contribution in [0.1, 0.15) is 28.3 Å². The first-order valence-electron chi connectivity index (χ1n) is 10.2. The van der Waals surface area contributed by atoms with E-state index in [9.17, 15) is 19.1 Å². The number of carbonyl (C=O) groups excluding carboxylic acids is 2. The van der Waals surface area contributed by atoms with Gasteiger partial charge in [-0.25, -0.2) is 9.37 Å². The van der Waals surface area contributed by atoms with E-state index >= 15 is 0 Å². The van der Waals surface area contributed by atoms with E-state index in [1.165, 1.54) is 23.1 Å². The average Bonchev–Trinajstić information content (AvgIpc) is 3.33. The maximum atomic E-state index is 13.7. The number of benzene rings is 2. The van der Waals surface area contributed by atoms with E-state index in [0.717, 1.165) is 22.5 Å². The number of aryl methyl sites for hydroxylation is 2. The van der Waals surface area contributed by atoms with Crippen molar-refractivity contribution in [2.75, 3.05) is 4.90 Å². The largest absolute Gasteiger partial charge is 0.507 e.